The normalized spacial score (nSPS) is 17.5. The Labute approximate surface area is 188 Å². The number of nitrogens with zero attached hydrogens (tertiary/aromatic N) is 2. The number of carbonyl (C=O) groups is 1. The number of nitrogens with one attached hydrogen (secondary N) is 1. The van der Waals surface area contributed by atoms with Crippen LogP contribution in [-0.2, 0) is 23.9 Å². The molecule has 1 atom stereocenters. The fraction of sp³-hybridized carbons (Fsp3) is 0.409. The SMILES string of the molecule is CN(C)[C@@H]1CCN(Cc2ccc(NC(=O)Cc3cccc(I)c3)cc2C(F)(F)F)C1. The second-order valence-corrected chi connectivity index (χ2v) is 9.11. The minimum absolute atomic E-state index is 0.111. The van der Waals surface area contributed by atoms with Gasteiger partial charge in [0.1, 0.15) is 0 Å². The molecular weight excluding hydrogens is 506 g/mol. The summed E-state index contributed by atoms with van der Waals surface area (Å²) in [6.45, 7) is 1.77. The highest BCUT2D eigenvalue weighted by atomic mass is 127. The summed E-state index contributed by atoms with van der Waals surface area (Å²) in [7, 11) is 3.98. The monoisotopic (exact) mass is 531 g/mol. The zero-order chi connectivity index (χ0) is 21.9. The van der Waals surface area contributed by atoms with Gasteiger partial charge in [-0.2, -0.15) is 13.2 Å². The van der Waals surface area contributed by atoms with Crippen molar-refractivity contribution in [1.29, 1.82) is 0 Å². The number of likely N-dealkylation sites (N-methyl/N-ethyl adjacent to an activating group) is 1. The minimum atomic E-state index is -4.48. The number of carbonyl (C=O) groups excluding carboxylic acids is 1. The summed E-state index contributed by atoms with van der Waals surface area (Å²) in [6, 6.07) is 11.9. The number of hydrogen-bond donors (Lipinski definition) is 1. The van der Waals surface area contributed by atoms with Crippen molar-refractivity contribution < 1.29 is 18.0 Å². The Bertz CT molecular complexity index is 901. The molecule has 1 aliphatic heterocycles. The lowest BCUT2D eigenvalue weighted by Gasteiger charge is -2.22. The average molecular weight is 531 g/mol. The van der Waals surface area contributed by atoms with Gasteiger partial charge in [-0.05, 0) is 78.5 Å². The number of hydrogen-bond acceptors (Lipinski definition) is 3. The van der Waals surface area contributed by atoms with E-state index in [-0.39, 0.29) is 30.1 Å². The molecule has 2 aromatic rings. The maximum atomic E-state index is 13.7. The van der Waals surface area contributed by atoms with Gasteiger partial charge in [-0.15, -0.1) is 0 Å². The van der Waals surface area contributed by atoms with Crippen LogP contribution in [0.3, 0.4) is 0 Å². The topological polar surface area (TPSA) is 35.6 Å². The van der Waals surface area contributed by atoms with Gasteiger partial charge in [-0.3, -0.25) is 9.69 Å². The van der Waals surface area contributed by atoms with Crippen LogP contribution in [-0.4, -0.2) is 48.9 Å². The molecule has 0 bridgehead atoms. The van der Waals surface area contributed by atoms with E-state index in [1.54, 1.807) is 6.07 Å². The first-order valence-electron chi connectivity index (χ1n) is 9.75. The second kappa shape index (κ2) is 9.65. The molecule has 0 spiro atoms. The average Bonchev–Trinajstić information content (AvgIpc) is 3.11. The molecule has 30 heavy (non-hydrogen) atoms. The quantitative estimate of drug-likeness (QED) is 0.553. The van der Waals surface area contributed by atoms with Gasteiger partial charge in [0.25, 0.3) is 0 Å². The van der Waals surface area contributed by atoms with Gasteiger partial charge in [0.2, 0.25) is 5.91 Å². The minimum Gasteiger partial charge on any atom is -0.326 e. The van der Waals surface area contributed by atoms with Crippen LogP contribution >= 0.6 is 22.6 Å². The molecular formula is C22H25F3IN3O. The number of anilines is 1. The number of halogens is 4. The van der Waals surface area contributed by atoms with Gasteiger partial charge in [-0.25, -0.2) is 0 Å². The van der Waals surface area contributed by atoms with Crippen molar-refractivity contribution in [3.8, 4) is 0 Å². The molecule has 0 radical (unpaired) electrons. The molecule has 162 valence electrons. The Morgan fingerprint density at radius 1 is 1.23 bits per heavy atom. The molecule has 2 aromatic carbocycles. The zero-order valence-corrected chi connectivity index (χ0v) is 19.1. The van der Waals surface area contributed by atoms with E-state index in [0.717, 1.165) is 34.7 Å². The number of likely N-dealkylation sites (tertiary alicyclic amines) is 1. The van der Waals surface area contributed by atoms with E-state index >= 15 is 0 Å². The van der Waals surface area contributed by atoms with Crippen LogP contribution in [0.5, 0.6) is 0 Å². The molecule has 3 rings (SSSR count). The molecule has 1 aliphatic rings. The predicted molar refractivity (Wildman–Crippen MR) is 120 cm³/mol. The van der Waals surface area contributed by atoms with Gasteiger partial charge in [0.05, 0.1) is 12.0 Å². The Kier molecular flexibility index (Phi) is 7.41. The third kappa shape index (κ3) is 6.18. The molecule has 1 N–H and O–H groups in total. The molecule has 1 fully saturated rings. The molecule has 0 saturated carbocycles. The summed E-state index contributed by atoms with van der Waals surface area (Å²) in [5.41, 5.74) is 0.520. The molecule has 8 heteroatoms. The Morgan fingerprint density at radius 2 is 2.00 bits per heavy atom. The molecule has 0 aromatic heterocycles. The number of rotatable bonds is 6. The van der Waals surface area contributed by atoms with Crippen LogP contribution in [0.1, 0.15) is 23.1 Å². The third-order valence-electron chi connectivity index (χ3n) is 5.32. The van der Waals surface area contributed by atoms with E-state index < -0.39 is 11.7 Å². The predicted octanol–water partition coefficient (Wildman–Crippen LogP) is 4.63. The van der Waals surface area contributed by atoms with E-state index in [9.17, 15) is 18.0 Å². The van der Waals surface area contributed by atoms with Crippen molar-refractivity contribution in [2.24, 2.45) is 0 Å². The van der Waals surface area contributed by atoms with Crippen LogP contribution in [0.4, 0.5) is 18.9 Å². The lowest BCUT2D eigenvalue weighted by molar-refractivity contribution is -0.138. The smallest absolute Gasteiger partial charge is 0.326 e. The lowest BCUT2D eigenvalue weighted by atomic mass is 10.0. The van der Waals surface area contributed by atoms with Crippen molar-refractivity contribution in [1.82, 2.24) is 9.80 Å². The molecule has 1 heterocycles. The molecule has 0 unspecified atom stereocenters. The summed E-state index contributed by atoms with van der Waals surface area (Å²) in [6.07, 6.45) is -3.42. The van der Waals surface area contributed by atoms with Crippen molar-refractivity contribution in [2.75, 3.05) is 32.5 Å². The first kappa shape index (κ1) is 23.0. The highest BCUT2D eigenvalue weighted by Crippen LogP contribution is 2.35. The van der Waals surface area contributed by atoms with Gasteiger partial charge in [-0.1, -0.05) is 18.2 Å². The maximum absolute atomic E-state index is 13.7. The number of benzene rings is 2. The van der Waals surface area contributed by atoms with Crippen molar-refractivity contribution in [3.63, 3.8) is 0 Å². The van der Waals surface area contributed by atoms with Gasteiger partial charge < -0.3 is 10.2 Å². The van der Waals surface area contributed by atoms with Crippen molar-refractivity contribution in [3.05, 3.63) is 62.7 Å². The van der Waals surface area contributed by atoms with E-state index in [0.29, 0.717) is 6.04 Å². The second-order valence-electron chi connectivity index (χ2n) is 7.87. The Balaban J connectivity index is 1.72. The molecule has 0 aliphatic carbocycles. The van der Waals surface area contributed by atoms with E-state index in [4.69, 9.17) is 0 Å². The van der Waals surface area contributed by atoms with E-state index in [1.807, 2.05) is 43.3 Å². The first-order valence-corrected chi connectivity index (χ1v) is 10.8. The van der Waals surface area contributed by atoms with Crippen LogP contribution < -0.4 is 5.32 Å². The maximum Gasteiger partial charge on any atom is 0.416 e. The summed E-state index contributed by atoms with van der Waals surface area (Å²) < 4.78 is 42.1. The summed E-state index contributed by atoms with van der Waals surface area (Å²) in [5.74, 6) is -0.341. The molecule has 1 saturated heterocycles. The highest BCUT2D eigenvalue weighted by molar-refractivity contribution is 14.1. The van der Waals surface area contributed by atoms with Gasteiger partial charge >= 0.3 is 6.18 Å². The first-order chi connectivity index (χ1) is 14.1. The Morgan fingerprint density at radius 3 is 2.63 bits per heavy atom. The van der Waals surface area contributed by atoms with Crippen LogP contribution in [0.2, 0.25) is 0 Å². The fourth-order valence-corrected chi connectivity index (χ4v) is 4.32. The highest BCUT2D eigenvalue weighted by Gasteiger charge is 2.35. The summed E-state index contributed by atoms with van der Waals surface area (Å²) in [4.78, 5) is 16.5. The van der Waals surface area contributed by atoms with Crippen LogP contribution in [0.15, 0.2) is 42.5 Å². The largest absolute Gasteiger partial charge is 0.416 e. The standard InChI is InChI=1S/C22H25F3IN3O/c1-28(2)19-8-9-29(14-19)13-16-6-7-18(12-20(16)22(23,24)25)27-21(30)11-15-4-3-5-17(26)10-15/h3-7,10,12,19H,8-9,11,13-14H2,1-2H3,(H,27,30)/t19-/m1/s1. The van der Waals surface area contributed by atoms with Crippen LogP contribution in [0, 0.1) is 3.57 Å². The number of amides is 1. The van der Waals surface area contributed by atoms with E-state index in [2.05, 4.69) is 32.8 Å². The molecule has 1 amide bonds. The van der Waals surface area contributed by atoms with Gasteiger partial charge in [0, 0.05) is 34.9 Å². The van der Waals surface area contributed by atoms with Crippen molar-refractivity contribution >= 4 is 34.2 Å². The third-order valence-corrected chi connectivity index (χ3v) is 6.00. The molecule has 4 nitrogen and oxygen atoms in total. The zero-order valence-electron chi connectivity index (χ0n) is 17.0. The van der Waals surface area contributed by atoms with Crippen molar-refractivity contribution in [2.45, 2.75) is 31.6 Å². The summed E-state index contributed by atoms with van der Waals surface area (Å²) >= 11 is 2.15. The lowest BCUT2D eigenvalue weighted by Crippen LogP contribution is -2.31. The van der Waals surface area contributed by atoms with Gasteiger partial charge in [0.15, 0.2) is 0 Å². The van der Waals surface area contributed by atoms with Crippen LogP contribution in [0.25, 0.3) is 0 Å². The Hall–Kier alpha value is -1.65. The summed E-state index contributed by atoms with van der Waals surface area (Å²) in [5, 5.41) is 2.60. The fourth-order valence-electron chi connectivity index (χ4n) is 3.71. The number of alkyl halides is 3. The van der Waals surface area contributed by atoms with E-state index in [1.165, 1.54) is 6.07 Å².